The molecule has 0 saturated carbocycles. The minimum absolute atomic E-state index is 0.151. The van der Waals surface area contributed by atoms with Gasteiger partial charge in [-0.15, -0.1) is 0 Å². The molecule has 8 nitrogen and oxygen atoms in total. The van der Waals surface area contributed by atoms with Crippen LogP contribution >= 0.6 is 11.6 Å². The minimum Gasteiger partial charge on any atom is -0.351 e. The molecule has 2 aromatic carbocycles. The highest BCUT2D eigenvalue weighted by Crippen LogP contribution is 2.29. The van der Waals surface area contributed by atoms with Crippen LogP contribution in [0, 0.1) is 0 Å². The number of nitrogens with zero attached hydrogens (tertiary/aromatic N) is 3. The molecule has 31 heavy (non-hydrogen) atoms. The van der Waals surface area contributed by atoms with E-state index in [9.17, 15) is 4.79 Å². The van der Waals surface area contributed by atoms with Crippen LogP contribution < -0.4 is 16.0 Å². The lowest BCUT2D eigenvalue weighted by atomic mass is 10.0. The lowest BCUT2D eigenvalue weighted by Crippen LogP contribution is -2.13. The van der Waals surface area contributed by atoms with Crippen LogP contribution in [0.4, 0.5) is 28.8 Å². The van der Waals surface area contributed by atoms with Crippen molar-refractivity contribution in [2.24, 2.45) is 0 Å². The van der Waals surface area contributed by atoms with Crippen LogP contribution in [-0.4, -0.2) is 21.0 Å². The first kappa shape index (κ1) is 19.1. The average Bonchev–Trinajstić information content (AvgIpc) is 3.31. The van der Waals surface area contributed by atoms with Crippen LogP contribution in [0.3, 0.4) is 0 Å². The molecule has 0 saturated heterocycles. The Balaban J connectivity index is 1.54. The van der Waals surface area contributed by atoms with Crippen LogP contribution in [0.25, 0.3) is 0 Å². The van der Waals surface area contributed by atoms with E-state index in [0.717, 1.165) is 28.9 Å². The summed E-state index contributed by atoms with van der Waals surface area (Å²) >= 11 is 6.30. The molecule has 154 valence electrons. The topological polar surface area (TPSA) is 105 Å². The molecule has 2 aromatic heterocycles. The van der Waals surface area contributed by atoms with Crippen molar-refractivity contribution < 1.29 is 9.32 Å². The van der Waals surface area contributed by atoms with Crippen LogP contribution in [0.1, 0.15) is 21.7 Å². The maximum absolute atomic E-state index is 12.5. The molecule has 3 heterocycles. The molecule has 6 bridgehead atoms. The number of nitrogens with one attached hydrogen (secondary N) is 3. The van der Waals surface area contributed by atoms with Gasteiger partial charge < -0.3 is 20.5 Å². The first-order valence-corrected chi connectivity index (χ1v) is 10.0. The molecule has 0 aliphatic carbocycles. The molecule has 0 unspecified atom stereocenters. The Morgan fingerprint density at radius 3 is 2.84 bits per heavy atom. The molecule has 5 rings (SSSR count). The van der Waals surface area contributed by atoms with Gasteiger partial charge in [0.15, 0.2) is 5.82 Å². The van der Waals surface area contributed by atoms with Crippen LogP contribution in [0.2, 0.25) is 5.02 Å². The Hall–Kier alpha value is -3.91. The Bertz CT molecular complexity index is 1260. The van der Waals surface area contributed by atoms with E-state index in [0.29, 0.717) is 28.9 Å². The van der Waals surface area contributed by atoms with Crippen molar-refractivity contribution in [3.8, 4) is 0 Å². The number of halogens is 1. The standard InChI is InChI=1S/C22H17ClN6O2/c23-17-12-24-22-27-15-3-1-2-13(10-15)4-5-14-11-16(26-20(17)29-22)6-7-18(14)28-21(30)19-8-9-25-31-19/h1-3,6-12H,4-5H2,(H,28,30)(H2,24,26,27,29). The molecule has 0 radical (unpaired) electrons. The van der Waals surface area contributed by atoms with Gasteiger partial charge in [-0.25, -0.2) is 4.98 Å². The molecule has 0 fully saturated rings. The lowest BCUT2D eigenvalue weighted by Gasteiger charge is -2.14. The van der Waals surface area contributed by atoms with Crippen molar-refractivity contribution in [1.29, 1.82) is 0 Å². The maximum Gasteiger partial charge on any atom is 0.294 e. The van der Waals surface area contributed by atoms with Crippen molar-refractivity contribution in [2.45, 2.75) is 12.8 Å². The quantitative estimate of drug-likeness (QED) is 0.411. The fourth-order valence-corrected chi connectivity index (χ4v) is 3.52. The number of aromatic nitrogens is 3. The van der Waals surface area contributed by atoms with Gasteiger partial charge >= 0.3 is 0 Å². The zero-order chi connectivity index (χ0) is 21.2. The highest BCUT2D eigenvalue weighted by molar-refractivity contribution is 6.32. The Morgan fingerprint density at radius 2 is 1.97 bits per heavy atom. The second-order valence-corrected chi connectivity index (χ2v) is 7.45. The average molecular weight is 433 g/mol. The number of carbonyl (C=O) groups is 1. The zero-order valence-corrected chi connectivity index (χ0v) is 17.0. The number of aryl methyl sites for hydroxylation is 2. The predicted octanol–water partition coefficient (Wildman–Crippen LogP) is 4.96. The van der Waals surface area contributed by atoms with E-state index >= 15 is 0 Å². The summed E-state index contributed by atoms with van der Waals surface area (Å²) in [5, 5.41) is 13.4. The second-order valence-electron chi connectivity index (χ2n) is 7.04. The van der Waals surface area contributed by atoms with Gasteiger partial charge in [0, 0.05) is 23.1 Å². The summed E-state index contributed by atoms with van der Waals surface area (Å²) < 4.78 is 4.96. The summed E-state index contributed by atoms with van der Waals surface area (Å²) in [6.45, 7) is 0. The fourth-order valence-electron chi connectivity index (χ4n) is 3.38. The number of carbonyl (C=O) groups excluding carboxylic acids is 1. The molecule has 4 aromatic rings. The van der Waals surface area contributed by atoms with Gasteiger partial charge in [-0.2, -0.15) is 4.98 Å². The van der Waals surface area contributed by atoms with E-state index in [2.05, 4.69) is 43.2 Å². The predicted molar refractivity (Wildman–Crippen MR) is 118 cm³/mol. The first-order valence-electron chi connectivity index (χ1n) is 9.64. The Labute approximate surface area is 182 Å². The largest absolute Gasteiger partial charge is 0.351 e. The van der Waals surface area contributed by atoms with E-state index in [-0.39, 0.29) is 11.7 Å². The minimum atomic E-state index is -0.355. The molecule has 1 aliphatic rings. The summed E-state index contributed by atoms with van der Waals surface area (Å²) in [7, 11) is 0. The number of hydrogen-bond acceptors (Lipinski definition) is 7. The number of anilines is 5. The molecular weight excluding hydrogens is 416 g/mol. The number of benzene rings is 2. The number of hydrogen-bond donors (Lipinski definition) is 3. The van der Waals surface area contributed by atoms with Gasteiger partial charge in [0.2, 0.25) is 11.7 Å². The molecule has 9 heteroatoms. The lowest BCUT2D eigenvalue weighted by molar-refractivity contribution is 0.0988. The van der Waals surface area contributed by atoms with Crippen LogP contribution in [0.5, 0.6) is 0 Å². The number of amides is 1. The summed E-state index contributed by atoms with van der Waals surface area (Å²) in [5.41, 5.74) is 4.48. The molecule has 1 aliphatic heterocycles. The maximum atomic E-state index is 12.5. The smallest absolute Gasteiger partial charge is 0.294 e. The monoisotopic (exact) mass is 432 g/mol. The molecule has 3 N–H and O–H groups in total. The van der Waals surface area contributed by atoms with Crippen molar-refractivity contribution in [3.05, 3.63) is 82.8 Å². The fraction of sp³-hybridized carbons (Fsp3) is 0.0909. The summed E-state index contributed by atoms with van der Waals surface area (Å²) in [5.74, 6) is 0.726. The van der Waals surface area contributed by atoms with Gasteiger partial charge in [0.1, 0.15) is 5.02 Å². The van der Waals surface area contributed by atoms with Gasteiger partial charge in [0.05, 0.1) is 12.4 Å². The molecule has 1 amide bonds. The second kappa shape index (κ2) is 8.08. The van der Waals surface area contributed by atoms with Crippen molar-refractivity contribution in [2.75, 3.05) is 16.0 Å². The number of fused-ring (bicyclic) bond motifs is 6. The normalized spacial score (nSPS) is 12.4. The number of rotatable bonds is 2. The zero-order valence-electron chi connectivity index (χ0n) is 16.2. The third-order valence-corrected chi connectivity index (χ3v) is 5.16. The molecule has 0 spiro atoms. The third-order valence-electron chi connectivity index (χ3n) is 4.89. The SMILES string of the molecule is O=C(Nc1ccc2cc1CCc1cccc(c1)Nc1ncc(Cl)c(n1)N2)c1ccno1. The summed E-state index contributed by atoms with van der Waals surface area (Å²) in [4.78, 5) is 21.2. The highest BCUT2D eigenvalue weighted by atomic mass is 35.5. The first-order chi connectivity index (χ1) is 15.1. The summed E-state index contributed by atoms with van der Waals surface area (Å²) in [6.07, 6.45) is 4.48. The van der Waals surface area contributed by atoms with E-state index < -0.39 is 0 Å². The third kappa shape index (κ3) is 4.19. The van der Waals surface area contributed by atoms with Crippen molar-refractivity contribution >= 4 is 46.3 Å². The van der Waals surface area contributed by atoms with E-state index in [1.807, 2.05) is 30.3 Å². The summed E-state index contributed by atoms with van der Waals surface area (Å²) in [6, 6.07) is 15.2. The molecule has 0 atom stereocenters. The highest BCUT2D eigenvalue weighted by Gasteiger charge is 2.15. The van der Waals surface area contributed by atoms with Gasteiger partial charge in [-0.1, -0.05) is 28.9 Å². The Morgan fingerprint density at radius 1 is 1.06 bits per heavy atom. The molecular formula is C22H17ClN6O2. The van der Waals surface area contributed by atoms with E-state index in [1.165, 1.54) is 12.3 Å². The van der Waals surface area contributed by atoms with Crippen LogP contribution in [-0.2, 0) is 12.8 Å². The van der Waals surface area contributed by atoms with Crippen molar-refractivity contribution in [1.82, 2.24) is 15.1 Å². The Kier molecular flexibility index (Phi) is 4.97. The van der Waals surface area contributed by atoms with E-state index in [4.69, 9.17) is 16.1 Å². The van der Waals surface area contributed by atoms with Gasteiger partial charge in [-0.3, -0.25) is 4.79 Å². The van der Waals surface area contributed by atoms with Gasteiger partial charge in [-0.05, 0) is 54.3 Å². The van der Waals surface area contributed by atoms with Gasteiger partial charge in [0.25, 0.3) is 5.91 Å². The van der Waals surface area contributed by atoms with E-state index in [1.54, 1.807) is 6.20 Å². The van der Waals surface area contributed by atoms with Crippen molar-refractivity contribution in [3.63, 3.8) is 0 Å². The van der Waals surface area contributed by atoms with Crippen LogP contribution in [0.15, 0.2) is 65.4 Å².